The van der Waals surface area contributed by atoms with Gasteiger partial charge in [0.15, 0.2) is 0 Å². The number of hydrogen-bond acceptors (Lipinski definition) is 2. The topological polar surface area (TPSA) is 24.4 Å². The molecule has 16 heavy (non-hydrogen) atoms. The van der Waals surface area contributed by atoms with E-state index in [0.29, 0.717) is 0 Å². The molecule has 1 aliphatic carbocycles. The van der Waals surface area contributed by atoms with Gasteiger partial charge < -0.3 is 5.32 Å². The number of nitrogens with zero attached hydrogens (tertiary/aromatic N) is 1. The highest BCUT2D eigenvalue weighted by Gasteiger charge is 2.18. The first kappa shape index (κ1) is 11.9. The SMILES string of the molecule is CC1CCCC(CCNC2=NCCCC2)C1. The van der Waals surface area contributed by atoms with Gasteiger partial charge in [-0.1, -0.05) is 26.2 Å². The summed E-state index contributed by atoms with van der Waals surface area (Å²) in [4.78, 5) is 4.53. The first-order valence-corrected chi connectivity index (χ1v) is 7.12. The molecule has 0 aromatic carbocycles. The monoisotopic (exact) mass is 222 g/mol. The zero-order valence-electron chi connectivity index (χ0n) is 10.7. The molecule has 2 atom stereocenters. The van der Waals surface area contributed by atoms with Gasteiger partial charge in [0.05, 0.1) is 5.84 Å². The third kappa shape index (κ3) is 3.80. The van der Waals surface area contributed by atoms with E-state index < -0.39 is 0 Å². The van der Waals surface area contributed by atoms with Crippen molar-refractivity contribution in [1.29, 1.82) is 0 Å². The summed E-state index contributed by atoms with van der Waals surface area (Å²) in [6.45, 7) is 4.60. The standard InChI is InChI=1S/C14H26N2/c1-12-5-4-6-13(11-12)8-10-16-14-7-2-3-9-15-14/h12-13H,2-11H2,1H3,(H,15,16). The van der Waals surface area contributed by atoms with Gasteiger partial charge in [-0.2, -0.15) is 0 Å². The molecule has 0 aromatic rings. The molecule has 2 unspecified atom stereocenters. The lowest BCUT2D eigenvalue weighted by Crippen LogP contribution is -2.28. The van der Waals surface area contributed by atoms with E-state index in [-0.39, 0.29) is 0 Å². The second-order valence-electron chi connectivity index (χ2n) is 5.64. The lowest BCUT2D eigenvalue weighted by molar-refractivity contribution is 0.270. The predicted molar refractivity (Wildman–Crippen MR) is 69.9 cm³/mol. The van der Waals surface area contributed by atoms with Crippen molar-refractivity contribution in [3.8, 4) is 0 Å². The van der Waals surface area contributed by atoms with E-state index in [1.807, 2.05) is 0 Å². The molecule has 0 saturated heterocycles. The molecule has 2 aliphatic rings. The summed E-state index contributed by atoms with van der Waals surface area (Å²) < 4.78 is 0. The number of nitrogens with one attached hydrogen (secondary N) is 1. The molecular formula is C14H26N2. The summed E-state index contributed by atoms with van der Waals surface area (Å²) in [6.07, 6.45) is 11.0. The molecule has 0 radical (unpaired) electrons. The molecule has 1 aliphatic heterocycles. The van der Waals surface area contributed by atoms with Gasteiger partial charge in [0.1, 0.15) is 0 Å². The van der Waals surface area contributed by atoms with Crippen LogP contribution in [-0.2, 0) is 0 Å². The van der Waals surface area contributed by atoms with Crippen molar-refractivity contribution in [2.75, 3.05) is 13.1 Å². The fourth-order valence-electron chi connectivity index (χ4n) is 3.08. The molecule has 92 valence electrons. The van der Waals surface area contributed by atoms with Crippen molar-refractivity contribution < 1.29 is 0 Å². The van der Waals surface area contributed by atoms with Gasteiger partial charge in [-0.25, -0.2) is 0 Å². The number of aliphatic imine (C=N–C) groups is 1. The molecular weight excluding hydrogens is 196 g/mol. The van der Waals surface area contributed by atoms with Gasteiger partial charge in [-0.15, -0.1) is 0 Å². The number of amidine groups is 1. The molecule has 0 spiro atoms. The van der Waals surface area contributed by atoms with Gasteiger partial charge in [0, 0.05) is 19.5 Å². The Morgan fingerprint density at radius 1 is 1.25 bits per heavy atom. The summed E-state index contributed by atoms with van der Waals surface area (Å²) in [5.74, 6) is 3.21. The van der Waals surface area contributed by atoms with Crippen molar-refractivity contribution >= 4 is 5.84 Å². The van der Waals surface area contributed by atoms with Crippen LogP contribution in [0.25, 0.3) is 0 Å². The lowest BCUT2D eigenvalue weighted by atomic mass is 9.81. The van der Waals surface area contributed by atoms with Crippen LogP contribution < -0.4 is 5.32 Å². The largest absolute Gasteiger partial charge is 0.374 e. The molecule has 2 heteroatoms. The molecule has 0 aromatic heterocycles. The Kier molecular flexibility index (Phi) is 4.68. The van der Waals surface area contributed by atoms with Crippen LogP contribution in [0.1, 0.15) is 58.3 Å². The highest BCUT2D eigenvalue weighted by molar-refractivity contribution is 5.82. The maximum Gasteiger partial charge on any atom is 0.0963 e. The van der Waals surface area contributed by atoms with Crippen LogP contribution in [0.3, 0.4) is 0 Å². The van der Waals surface area contributed by atoms with Crippen LogP contribution in [0.15, 0.2) is 4.99 Å². The summed E-state index contributed by atoms with van der Waals surface area (Å²) >= 11 is 0. The Hall–Kier alpha value is -0.530. The second-order valence-corrected chi connectivity index (χ2v) is 5.64. The predicted octanol–water partition coefficient (Wildman–Crippen LogP) is 3.37. The van der Waals surface area contributed by atoms with E-state index in [4.69, 9.17) is 0 Å². The van der Waals surface area contributed by atoms with Crippen LogP contribution in [-0.4, -0.2) is 18.9 Å². The first-order valence-electron chi connectivity index (χ1n) is 7.12. The summed E-state index contributed by atoms with van der Waals surface area (Å²) in [5, 5.41) is 3.53. The van der Waals surface area contributed by atoms with Crippen LogP contribution in [0.4, 0.5) is 0 Å². The van der Waals surface area contributed by atoms with E-state index in [9.17, 15) is 0 Å². The van der Waals surface area contributed by atoms with Gasteiger partial charge in [-0.3, -0.25) is 4.99 Å². The minimum atomic E-state index is 0.964. The zero-order valence-corrected chi connectivity index (χ0v) is 10.7. The maximum atomic E-state index is 4.53. The minimum Gasteiger partial charge on any atom is -0.374 e. The van der Waals surface area contributed by atoms with Crippen LogP contribution in [0, 0.1) is 11.8 Å². The van der Waals surface area contributed by atoms with E-state index in [0.717, 1.165) is 24.9 Å². The molecule has 2 nitrogen and oxygen atoms in total. The van der Waals surface area contributed by atoms with E-state index >= 15 is 0 Å². The Labute approximate surface area is 99.9 Å². The van der Waals surface area contributed by atoms with Crippen molar-refractivity contribution in [2.45, 2.75) is 58.3 Å². The maximum absolute atomic E-state index is 4.53. The van der Waals surface area contributed by atoms with Crippen molar-refractivity contribution in [3.63, 3.8) is 0 Å². The second kappa shape index (κ2) is 6.27. The molecule has 2 rings (SSSR count). The Balaban J connectivity index is 1.61. The summed E-state index contributed by atoms with van der Waals surface area (Å²) in [7, 11) is 0. The number of rotatable bonds is 3. The molecule has 1 heterocycles. The molecule has 1 fully saturated rings. The molecule has 0 bridgehead atoms. The van der Waals surface area contributed by atoms with Crippen molar-refractivity contribution in [3.05, 3.63) is 0 Å². The van der Waals surface area contributed by atoms with Gasteiger partial charge in [-0.05, 0) is 37.5 Å². The molecule has 1 N–H and O–H groups in total. The average molecular weight is 222 g/mol. The van der Waals surface area contributed by atoms with Gasteiger partial charge in [0.2, 0.25) is 0 Å². The zero-order chi connectivity index (χ0) is 11.2. The smallest absolute Gasteiger partial charge is 0.0963 e. The third-order valence-corrected chi connectivity index (χ3v) is 4.05. The average Bonchev–Trinajstić information content (AvgIpc) is 2.30. The first-order chi connectivity index (χ1) is 7.84. The fourth-order valence-corrected chi connectivity index (χ4v) is 3.08. The minimum absolute atomic E-state index is 0.964. The van der Waals surface area contributed by atoms with E-state index in [1.54, 1.807) is 0 Å². The van der Waals surface area contributed by atoms with Crippen LogP contribution in [0.2, 0.25) is 0 Å². The summed E-state index contributed by atoms with van der Waals surface area (Å²) in [6, 6.07) is 0. The quantitative estimate of drug-likeness (QED) is 0.778. The number of hydrogen-bond donors (Lipinski definition) is 1. The van der Waals surface area contributed by atoms with Crippen LogP contribution in [0.5, 0.6) is 0 Å². The Bertz CT molecular complexity index is 235. The van der Waals surface area contributed by atoms with Gasteiger partial charge in [0.25, 0.3) is 0 Å². The van der Waals surface area contributed by atoms with Crippen molar-refractivity contribution in [1.82, 2.24) is 5.32 Å². The van der Waals surface area contributed by atoms with Gasteiger partial charge >= 0.3 is 0 Å². The van der Waals surface area contributed by atoms with E-state index in [2.05, 4.69) is 17.2 Å². The van der Waals surface area contributed by atoms with E-state index in [1.165, 1.54) is 57.2 Å². The lowest BCUT2D eigenvalue weighted by Gasteiger charge is -2.27. The fraction of sp³-hybridized carbons (Fsp3) is 0.929. The Morgan fingerprint density at radius 2 is 2.19 bits per heavy atom. The van der Waals surface area contributed by atoms with Crippen LogP contribution >= 0.6 is 0 Å². The summed E-state index contributed by atoms with van der Waals surface area (Å²) in [5.41, 5.74) is 0. The third-order valence-electron chi connectivity index (χ3n) is 4.05. The van der Waals surface area contributed by atoms with Crippen molar-refractivity contribution in [2.24, 2.45) is 16.8 Å². The Morgan fingerprint density at radius 3 is 2.94 bits per heavy atom. The molecule has 1 saturated carbocycles. The normalized spacial score (nSPS) is 30.9. The highest BCUT2D eigenvalue weighted by Crippen LogP contribution is 2.30. The highest BCUT2D eigenvalue weighted by atomic mass is 15.0. The molecule has 0 amide bonds.